The van der Waals surface area contributed by atoms with E-state index in [1.54, 1.807) is 7.05 Å². The van der Waals surface area contributed by atoms with Crippen molar-refractivity contribution in [3.63, 3.8) is 0 Å². The van der Waals surface area contributed by atoms with Gasteiger partial charge in [0.1, 0.15) is 5.82 Å². The normalized spacial score (nSPS) is 11.3. The maximum absolute atomic E-state index is 12.2. The fourth-order valence-corrected chi connectivity index (χ4v) is 2.15. The van der Waals surface area contributed by atoms with Crippen molar-refractivity contribution in [2.45, 2.75) is 33.2 Å². The molecular weight excluding hydrogens is 232 g/mol. The predicted molar refractivity (Wildman–Crippen MR) is 69.9 cm³/mol. The number of fused-ring (bicyclic) bond motifs is 1. The summed E-state index contributed by atoms with van der Waals surface area (Å²) in [6, 6.07) is 0. The van der Waals surface area contributed by atoms with E-state index in [1.807, 2.05) is 11.5 Å². The molecule has 2 rings (SSSR count). The van der Waals surface area contributed by atoms with Crippen LogP contribution in [0.5, 0.6) is 0 Å². The lowest BCUT2D eigenvalue weighted by molar-refractivity contribution is 0.625. The number of nitrogens with zero attached hydrogens (tertiary/aromatic N) is 4. The third kappa shape index (κ3) is 1.68. The van der Waals surface area contributed by atoms with Gasteiger partial charge in [-0.2, -0.15) is 0 Å². The summed E-state index contributed by atoms with van der Waals surface area (Å²) in [6.07, 6.45) is 2.03. The van der Waals surface area contributed by atoms with Crippen LogP contribution in [0, 0.1) is 6.92 Å². The molecule has 6 nitrogen and oxygen atoms in total. The van der Waals surface area contributed by atoms with Crippen LogP contribution in [0.25, 0.3) is 11.2 Å². The van der Waals surface area contributed by atoms with Gasteiger partial charge in [-0.1, -0.05) is 13.3 Å². The van der Waals surface area contributed by atoms with Gasteiger partial charge in [-0.05, 0) is 13.3 Å². The van der Waals surface area contributed by atoms with Crippen LogP contribution in [0.15, 0.2) is 9.59 Å². The molecule has 18 heavy (non-hydrogen) atoms. The first kappa shape index (κ1) is 12.6. The molecular formula is C12H18N4O2. The number of hydrogen-bond acceptors (Lipinski definition) is 3. The fourth-order valence-electron chi connectivity index (χ4n) is 2.15. The number of rotatable bonds is 3. The molecule has 0 amide bonds. The lowest BCUT2D eigenvalue weighted by Gasteiger charge is -2.06. The Hall–Kier alpha value is -1.85. The highest BCUT2D eigenvalue weighted by atomic mass is 16.2. The van der Waals surface area contributed by atoms with Crippen LogP contribution in [0.4, 0.5) is 0 Å². The summed E-state index contributed by atoms with van der Waals surface area (Å²) < 4.78 is 4.46. The molecule has 0 N–H and O–H groups in total. The molecule has 0 bridgehead atoms. The van der Waals surface area contributed by atoms with Gasteiger partial charge in [0.2, 0.25) is 0 Å². The topological polar surface area (TPSA) is 61.8 Å². The van der Waals surface area contributed by atoms with Crippen molar-refractivity contribution in [2.75, 3.05) is 0 Å². The Bertz CT molecular complexity index is 705. The van der Waals surface area contributed by atoms with Gasteiger partial charge in [0.15, 0.2) is 11.2 Å². The van der Waals surface area contributed by atoms with E-state index in [0.717, 1.165) is 29.8 Å². The summed E-state index contributed by atoms with van der Waals surface area (Å²) in [7, 11) is 3.14. The Morgan fingerprint density at radius 1 is 1.17 bits per heavy atom. The number of aryl methyl sites for hydroxylation is 3. The molecule has 0 saturated heterocycles. The molecule has 0 aliphatic carbocycles. The lowest BCUT2D eigenvalue weighted by Crippen LogP contribution is -2.37. The Morgan fingerprint density at radius 2 is 1.83 bits per heavy atom. The Kier molecular flexibility index (Phi) is 3.11. The molecule has 2 aromatic rings. The first-order valence-electron chi connectivity index (χ1n) is 6.11. The molecule has 0 aromatic carbocycles. The van der Waals surface area contributed by atoms with Crippen molar-refractivity contribution in [2.24, 2.45) is 14.1 Å². The van der Waals surface area contributed by atoms with Gasteiger partial charge < -0.3 is 4.57 Å². The zero-order valence-electron chi connectivity index (χ0n) is 11.2. The van der Waals surface area contributed by atoms with E-state index >= 15 is 0 Å². The molecule has 0 atom stereocenters. The number of imidazole rings is 1. The van der Waals surface area contributed by atoms with E-state index in [0.29, 0.717) is 11.2 Å². The summed E-state index contributed by atoms with van der Waals surface area (Å²) in [4.78, 5) is 28.3. The van der Waals surface area contributed by atoms with E-state index in [1.165, 1.54) is 11.6 Å². The maximum Gasteiger partial charge on any atom is 0.332 e. The smallest absolute Gasteiger partial charge is 0.322 e. The van der Waals surface area contributed by atoms with Gasteiger partial charge in [-0.15, -0.1) is 0 Å². The van der Waals surface area contributed by atoms with E-state index in [4.69, 9.17) is 0 Å². The summed E-state index contributed by atoms with van der Waals surface area (Å²) in [5.74, 6) is 0.775. The molecule has 98 valence electrons. The van der Waals surface area contributed by atoms with E-state index in [9.17, 15) is 9.59 Å². The largest absolute Gasteiger partial charge is 0.332 e. The second kappa shape index (κ2) is 4.44. The minimum atomic E-state index is -0.340. The molecule has 2 heterocycles. The summed E-state index contributed by atoms with van der Waals surface area (Å²) in [6.45, 7) is 4.72. The Morgan fingerprint density at radius 3 is 2.44 bits per heavy atom. The van der Waals surface area contributed by atoms with Crippen LogP contribution in [0.1, 0.15) is 25.6 Å². The van der Waals surface area contributed by atoms with Crippen LogP contribution in [-0.4, -0.2) is 18.7 Å². The SMILES string of the molecule is CCCCn1c(C)nc2c1c(=O)n(C)c(=O)n2C. The van der Waals surface area contributed by atoms with Gasteiger partial charge in [-0.3, -0.25) is 13.9 Å². The average molecular weight is 250 g/mol. The van der Waals surface area contributed by atoms with Crippen LogP contribution >= 0.6 is 0 Å². The van der Waals surface area contributed by atoms with Gasteiger partial charge in [0.25, 0.3) is 5.56 Å². The van der Waals surface area contributed by atoms with Crippen molar-refractivity contribution >= 4 is 11.2 Å². The monoisotopic (exact) mass is 250 g/mol. The number of hydrogen-bond donors (Lipinski definition) is 0. The summed E-state index contributed by atoms with van der Waals surface area (Å²) in [5.41, 5.74) is 0.375. The molecule has 0 saturated carbocycles. The third-order valence-corrected chi connectivity index (χ3v) is 3.27. The molecule has 6 heteroatoms. The van der Waals surface area contributed by atoms with E-state index in [-0.39, 0.29) is 11.2 Å². The van der Waals surface area contributed by atoms with Crippen molar-refractivity contribution < 1.29 is 0 Å². The first-order chi connectivity index (χ1) is 8.49. The van der Waals surface area contributed by atoms with Crippen LogP contribution in [0.2, 0.25) is 0 Å². The summed E-state index contributed by atoms with van der Waals surface area (Å²) >= 11 is 0. The molecule has 0 aliphatic heterocycles. The molecule has 0 unspecified atom stereocenters. The highest BCUT2D eigenvalue weighted by molar-refractivity contribution is 5.70. The van der Waals surface area contributed by atoms with Crippen LogP contribution in [0.3, 0.4) is 0 Å². The van der Waals surface area contributed by atoms with Crippen molar-refractivity contribution in [1.29, 1.82) is 0 Å². The first-order valence-corrected chi connectivity index (χ1v) is 6.11. The van der Waals surface area contributed by atoms with Gasteiger partial charge in [0.05, 0.1) is 0 Å². The highest BCUT2D eigenvalue weighted by Gasteiger charge is 2.16. The van der Waals surface area contributed by atoms with E-state index < -0.39 is 0 Å². The van der Waals surface area contributed by atoms with Gasteiger partial charge in [0, 0.05) is 20.6 Å². The zero-order chi connectivity index (χ0) is 13.4. The molecule has 2 aromatic heterocycles. The molecule has 0 aliphatic rings. The molecule has 0 fully saturated rings. The highest BCUT2D eigenvalue weighted by Crippen LogP contribution is 2.11. The third-order valence-electron chi connectivity index (χ3n) is 3.27. The second-order valence-electron chi connectivity index (χ2n) is 4.54. The fraction of sp³-hybridized carbons (Fsp3) is 0.583. The average Bonchev–Trinajstić information content (AvgIpc) is 2.68. The Balaban J connectivity index is 2.86. The predicted octanol–water partition coefficient (Wildman–Crippen LogP) is 0.542. The molecule has 0 spiro atoms. The Labute approximate surface area is 104 Å². The van der Waals surface area contributed by atoms with Crippen molar-refractivity contribution in [1.82, 2.24) is 18.7 Å². The lowest BCUT2D eigenvalue weighted by atomic mass is 10.3. The number of aromatic nitrogens is 4. The van der Waals surface area contributed by atoms with Crippen LogP contribution < -0.4 is 11.2 Å². The minimum Gasteiger partial charge on any atom is -0.322 e. The summed E-state index contributed by atoms with van der Waals surface area (Å²) in [5, 5.41) is 0. The molecule has 0 radical (unpaired) electrons. The van der Waals surface area contributed by atoms with Gasteiger partial charge in [-0.25, -0.2) is 9.78 Å². The number of unbranched alkanes of at least 4 members (excludes halogenated alkanes) is 1. The minimum absolute atomic E-state index is 0.273. The van der Waals surface area contributed by atoms with Crippen LogP contribution in [-0.2, 0) is 20.6 Å². The maximum atomic E-state index is 12.2. The second-order valence-corrected chi connectivity index (χ2v) is 4.54. The zero-order valence-corrected chi connectivity index (χ0v) is 11.2. The quantitative estimate of drug-likeness (QED) is 0.799. The van der Waals surface area contributed by atoms with Crippen molar-refractivity contribution in [3.8, 4) is 0 Å². The van der Waals surface area contributed by atoms with Gasteiger partial charge >= 0.3 is 5.69 Å². The van der Waals surface area contributed by atoms with Crippen molar-refractivity contribution in [3.05, 3.63) is 26.7 Å². The van der Waals surface area contributed by atoms with E-state index in [2.05, 4.69) is 11.9 Å². The standard InChI is InChI=1S/C12H18N4O2/c1-5-6-7-16-8(2)13-10-9(16)11(17)15(4)12(18)14(10)3/h5-7H2,1-4H3.